The Bertz CT molecular complexity index is 646. The van der Waals surface area contributed by atoms with Crippen molar-refractivity contribution < 1.29 is 9.53 Å². The van der Waals surface area contributed by atoms with Crippen molar-refractivity contribution in [3.05, 3.63) is 66.7 Å². The molecule has 0 aliphatic rings. The van der Waals surface area contributed by atoms with Gasteiger partial charge in [0.2, 0.25) is 0 Å². The third-order valence-electron chi connectivity index (χ3n) is 2.55. The van der Waals surface area contributed by atoms with Crippen molar-refractivity contribution in [2.24, 2.45) is 10.2 Å². The molecule has 2 rings (SSSR count). The Hall–Kier alpha value is -2.75. The van der Waals surface area contributed by atoms with Crippen LogP contribution in [0.25, 0.3) is 0 Å². The lowest BCUT2D eigenvalue weighted by Crippen LogP contribution is -2.02. The summed E-state index contributed by atoms with van der Waals surface area (Å²) >= 11 is 0. The van der Waals surface area contributed by atoms with E-state index in [0.29, 0.717) is 11.4 Å². The van der Waals surface area contributed by atoms with Crippen molar-refractivity contribution in [1.82, 2.24) is 0 Å². The lowest BCUT2D eigenvalue weighted by molar-refractivity contribution is -0.128. The Balaban J connectivity index is 2.22. The van der Waals surface area contributed by atoms with E-state index in [-0.39, 0.29) is 0 Å². The van der Waals surface area contributed by atoms with Crippen molar-refractivity contribution >= 4 is 17.3 Å². The fraction of sp³-hybridized carbons (Fsp3) is 0.0625. The molecule has 4 nitrogen and oxygen atoms in total. The largest absolute Gasteiger partial charge is 0.421 e. The van der Waals surface area contributed by atoms with E-state index in [2.05, 4.69) is 16.8 Å². The second-order valence-electron chi connectivity index (χ2n) is 4.13. The fourth-order valence-corrected chi connectivity index (χ4v) is 1.50. The minimum absolute atomic E-state index is 0.355. The van der Waals surface area contributed by atoms with Gasteiger partial charge in [0.25, 0.3) is 0 Å². The third-order valence-corrected chi connectivity index (χ3v) is 2.55. The van der Waals surface area contributed by atoms with E-state index in [4.69, 9.17) is 4.74 Å². The van der Waals surface area contributed by atoms with Gasteiger partial charge in [0.1, 0.15) is 5.69 Å². The third kappa shape index (κ3) is 3.62. The smallest absolute Gasteiger partial charge is 0.335 e. The van der Waals surface area contributed by atoms with Gasteiger partial charge in [-0.3, -0.25) is 0 Å². The van der Waals surface area contributed by atoms with Gasteiger partial charge in [-0.2, -0.15) is 5.11 Å². The molecule has 0 radical (unpaired) electrons. The van der Waals surface area contributed by atoms with Gasteiger partial charge < -0.3 is 4.74 Å². The maximum atomic E-state index is 11.2. The van der Waals surface area contributed by atoms with Crippen molar-refractivity contribution in [2.75, 3.05) is 0 Å². The average Bonchev–Trinajstić information content (AvgIpc) is 2.48. The molecule has 0 heterocycles. The molecule has 0 saturated heterocycles. The number of para-hydroxylation sites is 1. The summed E-state index contributed by atoms with van der Waals surface area (Å²) in [4.78, 5) is 11.2. The zero-order valence-electron chi connectivity index (χ0n) is 11.1. The Morgan fingerprint density at radius 2 is 1.80 bits per heavy atom. The molecule has 20 heavy (non-hydrogen) atoms. The summed E-state index contributed by atoms with van der Waals surface area (Å²) in [6.07, 6.45) is 1.11. The highest BCUT2D eigenvalue weighted by atomic mass is 16.5. The van der Waals surface area contributed by atoms with Gasteiger partial charge in [0.15, 0.2) is 5.75 Å². The number of azo groups is 1. The van der Waals surface area contributed by atoms with Crippen LogP contribution in [0.2, 0.25) is 0 Å². The number of carbonyl (C=O) groups excluding carboxylic acids is 1. The van der Waals surface area contributed by atoms with Crippen LogP contribution in [0.15, 0.2) is 71.4 Å². The molecule has 0 aliphatic carbocycles. The minimum atomic E-state index is -0.525. The summed E-state index contributed by atoms with van der Waals surface area (Å²) in [5, 5.41) is 8.23. The molecule has 0 N–H and O–H groups in total. The first-order valence-corrected chi connectivity index (χ1v) is 6.11. The maximum absolute atomic E-state index is 11.2. The van der Waals surface area contributed by atoms with Crippen LogP contribution in [0.1, 0.15) is 5.56 Å². The molecule has 0 unspecified atom stereocenters. The van der Waals surface area contributed by atoms with Crippen LogP contribution in [-0.4, -0.2) is 5.97 Å². The highest BCUT2D eigenvalue weighted by Gasteiger charge is 2.05. The van der Waals surface area contributed by atoms with E-state index in [1.54, 1.807) is 24.3 Å². The normalized spacial score (nSPS) is 10.4. The van der Waals surface area contributed by atoms with Gasteiger partial charge in [-0.15, -0.1) is 5.11 Å². The highest BCUT2D eigenvalue weighted by molar-refractivity contribution is 5.84. The molecule has 0 bridgehead atoms. The van der Waals surface area contributed by atoms with E-state index in [9.17, 15) is 4.79 Å². The summed E-state index contributed by atoms with van der Waals surface area (Å²) < 4.78 is 5.09. The second kappa shape index (κ2) is 6.43. The number of hydrogen-bond acceptors (Lipinski definition) is 4. The van der Waals surface area contributed by atoms with E-state index >= 15 is 0 Å². The number of benzene rings is 2. The molecule has 4 heteroatoms. The molecule has 0 aliphatic heterocycles. The summed E-state index contributed by atoms with van der Waals surface area (Å²) in [6.45, 7) is 5.36. The van der Waals surface area contributed by atoms with Crippen molar-refractivity contribution in [3.8, 4) is 5.75 Å². The molecular weight excluding hydrogens is 252 g/mol. The number of hydrogen-bond donors (Lipinski definition) is 0. The van der Waals surface area contributed by atoms with Crippen LogP contribution in [0, 0.1) is 6.92 Å². The number of carbonyl (C=O) groups is 1. The Kier molecular flexibility index (Phi) is 4.39. The van der Waals surface area contributed by atoms with Gasteiger partial charge in [-0.05, 0) is 31.2 Å². The summed E-state index contributed by atoms with van der Waals surface area (Å²) in [5.74, 6) is -0.170. The summed E-state index contributed by atoms with van der Waals surface area (Å²) in [6, 6.07) is 14.6. The van der Waals surface area contributed by atoms with Crippen LogP contribution >= 0.6 is 0 Å². The van der Waals surface area contributed by atoms with Crippen LogP contribution in [0.3, 0.4) is 0 Å². The standard InChI is InChI=1S/C16H14N2O2/c1-3-16(19)20-15-7-5-4-6-14(15)18-17-13-10-8-12(2)9-11-13/h3-11H,1H2,2H3. The number of rotatable bonds is 4. The molecule has 2 aromatic carbocycles. The first-order chi connectivity index (χ1) is 9.69. The van der Waals surface area contributed by atoms with Crippen LogP contribution in [0.5, 0.6) is 5.75 Å². The van der Waals surface area contributed by atoms with Gasteiger partial charge >= 0.3 is 5.97 Å². The van der Waals surface area contributed by atoms with Gasteiger partial charge in [-0.1, -0.05) is 36.4 Å². The van der Waals surface area contributed by atoms with E-state index < -0.39 is 5.97 Å². The first-order valence-electron chi connectivity index (χ1n) is 6.11. The number of aryl methyl sites for hydroxylation is 1. The quantitative estimate of drug-likeness (QED) is 0.354. The SMILES string of the molecule is C=CC(=O)Oc1ccccc1N=Nc1ccc(C)cc1. The second-order valence-corrected chi connectivity index (χ2v) is 4.13. The van der Waals surface area contributed by atoms with Gasteiger partial charge in [0, 0.05) is 6.08 Å². The predicted molar refractivity (Wildman–Crippen MR) is 77.6 cm³/mol. The molecule has 0 saturated carbocycles. The predicted octanol–water partition coefficient (Wildman–Crippen LogP) is 4.50. The van der Waals surface area contributed by atoms with Crippen molar-refractivity contribution in [2.45, 2.75) is 6.92 Å². The van der Waals surface area contributed by atoms with Gasteiger partial charge in [-0.25, -0.2) is 4.79 Å². The van der Waals surface area contributed by atoms with Crippen LogP contribution in [-0.2, 0) is 4.79 Å². The number of ether oxygens (including phenoxy) is 1. The summed E-state index contributed by atoms with van der Waals surface area (Å²) in [7, 11) is 0. The molecule has 0 aromatic heterocycles. The lowest BCUT2D eigenvalue weighted by Gasteiger charge is -2.03. The molecule has 100 valence electrons. The zero-order valence-corrected chi connectivity index (χ0v) is 11.1. The molecule has 0 amide bonds. The highest BCUT2D eigenvalue weighted by Crippen LogP contribution is 2.28. The lowest BCUT2D eigenvalue weighted by atomic mass is 10.2. The molecule has 2 aromatic rings. The Morgan fingerprint density at radius 1 is 1.10 bits per heavy atom. The molecule has 0 fully saturated rings. The van der Waals surface area contributed by atoms with Crippen molar-refractivity contribution in [1.29, 1.82) is 0 Å². The first kappa shape index (κ1) is 13.7. The van der Waals surface area contributed by atoms with Crippen LogP contribution in [0.4, 0.5) is 11.4 Å². The monoisotopic (exact) mass is 266 g/mol. The van der Waals surface area contributed by atoms with E-state index in [0.717, 1.165) is 17.3 Å². The Labute approximate surface area is 117 Å². The van der Waals surface area contributed by atoms with E-state index in [1.165, 1.54) is 0 Å². The van der Waals surface area contributed by atoms with Crippen molar-refractivity contribution in [3.63, 3.8) is 0 Å². The molecular formula is C16H14N2O2. The Morgan fingerprint density at radius 3 is 2.50 bits per heavy atom. The van der Waals surface area contributed by atoms with Crippen LogP contribution < -0.4 is 4.74 Å². The van der Waals surface area contributed by atoms with E-state index in [1.807, 2.05) is 31.2 Å². The zero-order chi connectivity index (χ0) is 14.4. The fourth-order valence-electron chi connectivity index (χ4n) is 1.50. The molecule has 0 spiro atoms. The minimum Gasteiger partial charge on any atom is -0.421 e. The average molecular weight is 266 g/mol. The topological polar surface area (TPSA) is 51.0 Å². The summed E-state index contributed by atoms with van der Waals surface area (Å²) in [5.41, 5.74) is 2.38. The number of nitrogens with zero attached hydrogens (tertiary/aromatic N) is 2. The molecule has 0 atom stereocenters. The number of esters is 1. The van der Waals surface area contributed by atoms with Gasteiger partial charge in [0.05, 0.1) is 5.69 Å². The maximum Gasteiger partial charge on any atom is 0.335 e.